The molecule has 0 atom stereocenters. The van der Waals surface area contributed by atoms with Gasteiger partial charge < -0.3 is 22.9 Å². The van der Waals surface area contributed by atoms with Crippen LogP contribution in [0.2, 0.25) is 10.0 Å². The lowest BCUT2D eigenvalue weighted by Gasteiger charge is -2.09. The maximum absolute atomic E-state index is 10.00. The zero-order chi connectivity index (χ0) is 32.8. The first-order valence-corrected chi connectivity index (χ1v) is 14.4. The van der Waals surface area contributed by atoms with E-state index < -0.39 is 0 Å². The van der Waals surface area contributed by atoms with E-state index >= 15 is 0 Å². The third kappa shape index (κ3) is 9.83. The Balaban J connectivity index is 0.000000186. The molecule has 0 aliphatic rings. The summed E-state index contributed by atoms with van der Waals surface area (Å²) in [6.45, 7) is 1.71. The number of halogens is 2. The van der Waals surface area contributed by atoms with Crippen molar-refractivity contribution in [1.29, 1.82) is 0 Å². The molecule has 8 nitrogen and oxygen atoms in total. The average Bonchev–Trinajstić information content (AvgIpc) is 3.03. The smallest absolute Gasteiger partial charge is 0.240 e. The number of isocyanates is 2. The summed E-state index contributed by atoms with van der Waals surface area (Å²) in [5.41, 5.74) is 32.0. The summed E-state index contributed by atoms with van der Waals surface area (Å²) < 4.78 is 0. The van der Waals surface area contributed by atoms with Gasteiger partial charge in [0.2, 0.25) is 12.2 Å². The molecule has 0 aliphatic carbocycles. The molecule has 0 heterocycles. The van der Waals surface area contributed by atoms with Crippen LogP contribution in [0.1, 0.15) is 27.8 Å². The number of anilines is 4. The van der Waals surface area contributed by atoms with Gasteiger partial charge in [0.05, 0.1) is 32.8 Å². The van der Waals surface area contributed by atoms with Crippen LogP contribution in [0.4, 0.5) is 34.1 Å². The van der Waals surface area contributed by atoms with Crippen LogP contribution in [0.3, 0.4) is 0 Å². The highest BCUT2D eigenvalue weighted by Gasteiger charge is 2.08. The van der Waals surface area contributed by atoms with Crippen LogP contribution in [-0.4, -0.2) is 12.2 Å². The molecule has 8 N–H and O–H groups in total. The number of carbonyl (C=O) groups excluding carboxylic acids is 2. The number of aliphatic imine (C=N–C) groups is 2. The molecule has 10 heteroatoms. The Kier molecular flexibility index (Phi) is 12.9. The molecule has 5 rings (SSSR count). The van der Waals surface area contributed by atoms with Crippen LogP contribution in [-0.2, 0) is 22.4 Å². The molecule has 0 bridgehead atoms. The van der Waals surface area contributed by atoms with Crippen molar-refractivity contribution in [3.05, 3.63) is 141 Å². The van der Waals surface area contributed by atoms with Crippen molar-refractivity contribution in [2.45, 2.75) is 19.8 Å². The fourth-order valence-electron chi connectivity index (χ4n) is 4.22. The molecule has 5 aromatic carbocycles. The minimum Gasteiger partial charge on any atom is -0.398 e. The van der Waals surface area contributed by atoms with Crippen LogP contribution in [0.25, 0.3) is 0 Å². The van der Waals surface area contributed by atoms with E-state index in [9.17, 15) is 9.59 Å². The summed E-state index contributed by atoms with van der Waals surface area (Å²) in [6, 6.07) is 31.8. The number of nitrogen functional groups attached to an aromatic ring is 4. The molecular formula is C35H32Cl2N6O2. The Hall–Kier alpha value is -5.36. The zero-order valence-corrected chi connectivity index (χ0v) is 26.0. The Morgan fingerprint density at radius 2 is 0.978 bits per heavy atom. The van der Waals surface area contributed by atoms with Crippen LogP contribution >= 0.6 is 23.2 Å². The highest BCUT2D eigenvalue weighted by atomic mass is 35.5. The fourth-order valence-corrected chi connectivity index (χ4v) is 4.61. The van der Waals surface area contributed by atoms with Crippen molar-refractivity contribution in [2.75, 3.05) is 22.9 Å². The molecule has 5 aromatic rings. The number of nitrogens with zero attached hydrogens (tertiary/aromatic N) is 2. The summed E-state index contributed by atoms with van der Waals surface area (Å²) in [4.78, 5) is 26.9. The molecule has 0 aliphatic heterocycles. The third-order valence-electron chi connectivity index (χ3n) is 6.73. The number of rotatable bonds is 6. The van der Waals surface area contributed by atoms with Crippen molar-refractivity contribution in [3.8, 4) is 0 Å². The Morgan fingerprint density at radius 3 is 1.51 bits per heavy atom. The monoisotopic (exact) mass is 638 g/mol. The van der Waals surface area contributed by atoms with E-state index in [0.29, 0.717) is 44.8 Å². The SMILES string of the molecule is Cc1c(N=C=O)cccc1N=C=O.Nc1cccc(Cc2cccc(Cl)c2N)c1Cl.Nc1ccccc1Cc1ccccc1N. The average molecular weight is 640 g/mol. The predicted octanol–water partition coefficient (Wildman–Crippen LogP) is 8.12. The van der Waals surface area contributed by atoms with Gasteiger partial charge in [0.15, 0.2) is 0 Å². The van der Waals surface area contributed by atoms with Crippen molar-refractivity contribution in [3.63, 3.8) is 0 Å². The van der Waals surface area contributed by atoms with Crippen LogP contribution in [0.15, 0.2) is 113 Å². The Labute approximate surface area is 272 Å². The molecule has 0 unspecified atom stereocenters. The number of benzene rings is 5. The van der Waals surface area contributed by atoms with Crippen molar-refractivity contribution >= 4 is 69.5 Å². The van der Waals surface area contributed by atoms with Crippen molar-refractivity contribution in [2.24, 2.45) is 9.98 Å². The van der Waals surface area contributed by atoms with Crippen LogP contribution in [0, 0.1) is 6.92 Å². The van der Waals surface area contributed by atoms with E-state index in [2.05, 4.69) is 9.98 Å². The zero-order valence-electron chi connectivity index (χ0n) is 24.5. The summed E-state index contributed by atoms with van der Waals surface area (Å²) in [5, 5.41) is 1.13. The second kappa shape index (κ2) is 17.1. The van der Waals surface area contributed by atoms with E-state index in [4.69, 9.17) is 46.1 Å². The van der Waals surface area contributed by atoms with Gasteiger partial charge in [0.1, 0.15) is 0 Å². The second-order valence-electron chi connectivity index (χ2n) is 9.71. The van der Waals surface area contributed by atoms with Gasteiger partial charge in [-0.3, -0.25) is 0 Å². The maximum atomic E-state index is 10.00. The largest absolute Gasteiger partial charge is 0.398 e. The van der Waals surface area contributed by atoms with Gasteiger partial charge in [-0.25, -0.2) is 9.59 Å². The third-order valence-corrected chi connectivity index (χ3v) is 7.52. The molecule has 0 fully saturated rings. The van der Waals surface area contributed by atoms with Crippen LogP contribution < -0.4 is 22.9 Å². The minimum absolute atomic E-state index is 0.464. The Bertz CT molecular complexity index is 1740. The van der Waals surface area contributed by atoms with E-state index in [1.165, 1.54) is 12.2 Å². The first-order valence-electron chi connectivity index (χ1n) is 13.6. The van der Waals surface area contributed by atoms with Crippen molar-refractivity contribution in [1.82, 2.24) is 0 Å². The lowest BCUT2D eigenvalue weighted by atomic mass is 10.0. The summed E-state index contributed by atoms with van der Waals surface area (Å²) in [6.07, 6.45) is 4.27. The molecule has 0 spiro atoms. The van der Waals surface area contributed by atoms with Gasteiger partial charge in [0, 0.05) is 29.8 Å². The standard InChI is InChI=1S/C13H12Cl2N2.C13H14N2.C9H6N2O2/c14-10-5-1-4-9(13(10)17)7-8-3-2-6-11(16)12(8)15;14-12-7-3-1-5-10(12)9-11-6-2-4-8-13(11)15;1-7-8(10-5-12)3-2-4-9(7)11-6-13/h1-6H,7,16-17H2;1-8H,9,14-15H2;2-4H,1H3. The topological polar surface area (TPSA) is 163 Å². The number of para-hydroxylation sites is 3. The van der Waals surface area contributed by atoms with Gasteiger partial charge in [-0.05, 0) is 65.6 Å². The summed E-state index contributed by atoms with van der Waals surface area (Å²) in [5.74, 6) is 0. The summed E-state index contributed by atoms with van der Waals surface area (Å²) >= 11 is 12.1. The van der Waals surface area contributed by atoms with Crippen molar-refractivity contribution < 1.29 is 9.59 Å². The van der Waals surface area contributed by atoms with Gasteiger partial charge in [-0.15, -0.1) is 0 Å². The van der Waals surface area contributed by atoms with Gasteiger partial charge in [-0.2, -0.15) is 9.98 Å². The highest BCUT2D eigenvalue weighted by Crippen LogP contribution is 2.30. The van der Waals surface area contributed by atoms with Gasteiger partial charge in [-0.1, -0.05) is 89.9 Å². The normalized spacial score (nSPS) is 9.76. The molecule has 0 saturated carbocycles. The van der Waals surface area contributed by atoms with Gasteiger partial charge in [0.25, 0.3) is 0 Å². The first kappa shape index (κ1) is 34.1. The molecule has 0 aromatic heterocycles. The molecule has 0 amide bonds. The molecular weight excluding hydrogens is 607 g/mol. The summed E-state index contributed by atoms with van der Waals surface area (Å²) in [7, 11) is 0. The number of hydrogen-bond acceptors (Lipinski definition) is 8. The van der Waals surface area contributed by atoms with E-state index in [0.717, 1.165) is 40.0 Å². The molecule has 0 saturated heterocycles. The Morgan fingerprint density at radius 1 is 0.556 bits per heavy atom. The number of hydrogen-bond donors (Lipinski definition) is 4. The molecule has 45 heavy (non-hydrogen) atoms. The van der Waals surface area contributed by atoms with E-state index in [-0.39, 0.29) is 0 Å². The molecule has 228 valence electrons. The van der Waals surface area contributed by atoms with Crippen LogP contribution in [0.5, 0.6) is 0 Å². The predicted molar refractivity (Wildman–Crippen MR) is 186 cm³/mol. The van der Waals surface area contributed by atoms with Gasteiger partial charge >= 0.3 is 0 Å². The number of nitrogens with two attached hydrogens (primary N) is 4. The lowest BCUT2D eigenvalue weighted by Crippen LogP contribution is -1.98. The highest BCUT2D eigenvalue weighted by molar-refractivity contribution is 6.34. The van der Waals surface area contributed by atoms with E-state index in [1.54, 1.807) is 37.3 Å². The maximum Gasteiger partial charge on any atom is 0.240 e. The first-order chi connectivity index (χ1) is 21.7. The minimum atomic E-state index is 0.464. The fraction of sp³-hybridized carbons (Fsp3) is 0.0857. The quantitative estimate of drug-likeness (QED) is 0.0833. The molecule has 0 radical (unpaired) electrons. The second-order valence-corrected chi connectivity index (χ2v) is 10.5. The van der Waals surface area contributed by atoms with E-state index in [1.807, 2.05) is 72.8 Å². The lowest BCUT2D eigenvalue weighted by molar-refractivity contribution is 0.565.